The third-order valence-electron chi connectivity index (χ3n) is 5.26. The second-order valence-electron chi connectivity index (χ2n) is 8.17. The Kier molecular flexibility index (Phi) is 8.60. The molecule has 1 amide bonds. The van der Waals surface area contributed by atoms with Gasteiger partial charge in [-0.1, -0.05) is 36.8 Å². The van der Waals surface area contributed by atoms with E-state index in [1.165, 1.54) is 19.3 Å². The van der Waals surface area contributed by atoms with E-state index in [1.807, 2.05) is 30.3 Å². The molecule has 1 saturated heterocycles. The molecular formula is C22H37N3O. The predicted molar refractivity (Wildman–Crippen MR) is 109 cm³/mol. The van der Waals surface area contributed by atoms with E-state index in [1.54, 1.807) is 0 Å². The maximum atomic E-state index is 12.6. The van der Waals surface area contributed by atoms with Crippen molar-refractivity contribution in [1.29, 1.82) is 0 Å². The van der Waals surface area contributed by atoms with E-state index in [0.717, 1.165) is 31.7 Å². The van der Waals surface area contributed by atoms with E-state index in [2.05, 4.69) is 42.8 Å². The maximum Gasteiger partial charge on any atom is 0.224 e. The molecule has 1 fully saturated rings. The molecule has 1 aliphatic rings. The molecule has 4 heteroatoms. The average molecular weight is 360 g/mol. The van der Waals surface area contributed by atoms with Gasteiger partial charge in [-0.05, 0) is 59.2 Å². The summed E-state index contributed by atoms with van der Waals surface area (Å²) in [7, 11) is 0. The van der Waals surface area contributed by atoms with Gasteiger partial charge < -0.3 is 10.2 Å². The summed E-state index contributed by atoms with van der Waals surface area (Å²) in [6, 6.07) is 11.1. The van der Waals surface area contributed by atoms with E-state index in [4.69, 9.17) is 0 Å². The number of carbonyl (C=O) groups excluding carboxylic acids is 1. The molecule has 0 saturated carbocycles. The standard InChI is InChI=1S/C22H37N3O/c1-18(2)25(19(3)4)17-21(16-24-13-9-6-10-14-24)23-22(26)15-20-11-7-5-8-12-20/h5,7-8,11-12,18-19,21H,6,9-10,13-17H2,1-4H3,(H,23,26). The first-order chi connectivity index (χ1) is 12.5. The van der Waals surface area contributed by atoms with Crippen LogP contribution in [0.5, 0.6) is 0 Å². The normalized spacial score (nSPS) is 17.0. The van der Waals surface area contributed by atoms with Crippen molar-refractivity contribution in [3.8, 4) is 0 Å². The first kappa shape index (κ1) is 20.9. The number of amides is 1. The molecule has 1 atom stereocenters. The number of rotatable bonds is 9. The van der Waals surface area contributed by atoms with Crippen LogP contribution in [-0.4, -0.2) is 60.0 Å². The molecule has 1 aromatic rings. The Morgan fingerprint density at radius 2 is 1.65 bits per heavy atom. The number of likely N-dealkylation sites (tertiary alicyclic amines) is 1. The van der Waals surface area contributed by atoms with Crippen LogP contribution >= 0.6 is 0 Å². The van der Waals surface area contributed by atoms with Crippen molar-refractivity contribution < 1.29 is 4.79 Å². The van der Waals surface area contributed by atoms with Crippen LogP contribution in [0.15, 0.2) is 30.3 Å². The second-order valence-corrected chi connectivity index (χ2v) is 8.17. The Hall–Kier alpha value is -1.39. The molecule has 146 valence electrons. The van der Waals surface area contributed by atoms with E-state index >= 15 is 0 Å². The summed E-state index contributed by atoms with van der Waals surface area (Å²) >= 11 is 0. The van der Waals surface area contributed by atoms with Gasteiger partial charge >= 0.3 is 0 Å². The van der Waals surface area contributed by atoms with Crippen LogP contribution in [0, 0.1) is 0 Å². The number of hydrogen-bond donors (Lipinski definition) is 1. The van der Waals surface area contributed by atoms with Gasteiger partial charge in [-0.15, -0.1) is 0 Å². The van der Waals surface area contributed by atoms with Crippen LogP contribution in [-0.2, 0) is 11.2 Å². The topological polar surface area (TPSA) is 35.6 Å². The fourth-order valence-corrected chi connectivity index (χ4v) is 3.94. The van der Waals surface area contributed by atoms with Gasteiger partial charge in [-0.2, -0.15) is 0 Å². The van der Waals surface area contributed by atoms with Gasteiger partial charge in [0, 0.05) is 25.2 Å². The summed E-state index contributed by atoms with van der Waals surface area (Å²) in [5, 5.41) is 3.33. The fraction of sp³-hybridized carbons (Fsp3) is 0.682. The Morgan fingerprint density at radius 1 is 1.04 bits per heavy atom. The zero-order chi connectivity index (χ0) is 18.9. The molecule has 1 heterocycles. The molecule has 0 aliphatic carbocycles. The van der Waals surface area contributed by atoms with Crippen molar-refractivity contribution in [2.24, 2.45) is 0 Å². The van der Waals surface area contributed by atoms with Gasteiger partial charge in [0.25, 0.3) is 0 Å². The quantitative estimate of drug-likeness (QED) is 0.735. The number of nitrogens with one attached hydrogen (secondary N) is 1. The lowest BCUT2D eigenvalue weighted by atomic mass is 10.1. The highest BCUT2D eigenvalue weighted by molar-refractivity contribution is 5.78. The first-order valence-corrected chi connectivity index (χ1v) is 10.3. The summed E-state index contributed by atoms with van der Waals surface area (Å²) in [5.41, 5.74) is 1.08. The van der Waals surface area contributed by atoms with Gasteiger partial charge in [0.05, 0.1) is 12.5 Å². The predicted octanol–water partition coefficient (Wildman–Crippen LogP) is 3.32. The van der Waals surface area contributed by atoms with Gasteiger partial charge in [0.2, 0.25) is 5.91 Å². The van der Waals surface area contributed by atoms with Gasteiger partial charge in [-0.25, -0.2) is 0 Å². The molecule has 0 radical (unpaired) electrons. The highest BCUT2D eigenvalue weighted by Crippen LogP contribution is 2.12. The largest absolute Gasteiger partial charge is 0.350 e. The Bertz CT molecular complexity index is 515. The third-order valence-corrected chi connectivity index (χ3v) is 5.26. The number of hydrogen-bond acceptors (Lipinski definition) is 3. The Labute approximate surface area is 159 Å². The summed E-state index contributed by atoms with van der Waals surface area (Å²) in [5.74, 6) is 0.130. The lowest BCUT2D eigenvalue weighted by molar-refractivity contribution is -0.121. The van der Waals surface area contributed by atoms with Crippen molar-refractivity contribution >= 4 is 5.91 Å². The molecule has 1 aliphatic heterocycles. The molecule has 0 spiro atoms. The number of nitrogens with zero attached hydrogens (tertiary/aromatic N) is 2. The van der Waals surface area contributed by atoms with Gasteiger partial charge in [0.15, 0.2) is 0 Å². The molecule has 1 N–H and O–H groups in total. The molecule has 0 aromatic heterocycles. The Morgan fingerprint density at radius 3 is 2.23 bits per heavy atom. The third kappa shape index (κ3) is 7.08. The molecule has 2 rings (SSSR count). The molecule has 26 heavy (non-hydrogen) atoms. The average Bonchev–Trinajstić information content (AvgIpc) is 2.60. The molecule has 4 nitrogen and oxygen atoms in total. The SMILES string of the molecule is CC(C)N(CC(CN1CCCCC1)NC(=O)Cc1ccccc1)C(C)C. The molecule has 1 aromatic carbocycles. The van der Waals surface area contributed by atoms with Crippen LogP contribution < -0.4 is 5.32 Å². The summed E-state index contributed by atoms with van der Waals surface area (Å²) in [4.78, 5) is 17.6. The highest BCUT2D eigenvalue weighted by Gasteiger charge is 2.23. The number of carbonyl (C=O) groups is 1. The van der Waals surface area contributed by atoms with Crippen LogP contribution in [0.2, 0.25) is 0 Å². The monoisotopic (exact) mass is 359 g/mol. The van der Waals surface area contributed by atoms with E-state index in [0.29, 0.717) is 18.5 Å². The van der Waals surface area contributed by atoms with E-state index in [9.17, 15) is 4.79 Å². The fourth-order valence-electron chi connectivity index (χ4n) is 3.94. The van der Waals surface area contributed by atoms with Crippen LogP contribution in [0.25, 0.3) is 0 Å². The van der Waals surface area contributed by atoms with Gasteiger partial charge in [-0.3, -0.25) is 9.69 Å². The minimum absolute atomic E-state index is 0.130. The second kappa shape index (κ2) is 10.7. The van der Waals surface area contributed by atoms with Crippen LogP contribution in [0.3, 0.4) is 0 Å². The summed E-state index contributed by atoms with van der Waals surface area (Å²) < 4.78 is 0. The van der Waals surface area contributed by atoms with E-state index in [-0.39, 0.29) is 11.9 Å². The van der Waals surface area contributed by atoms with Gasteiger partial charge in [0.1, 0.15) is 0 Å². The zero-order valence-corrected chi connectivity index (χ0v) is 17.1. The highest BCUT2D eigenvalue weighted by atomic mass is 16.1. The van der Waals surface area contributed by atoms with Crippen molar-refractivity contribution in [2.45, 2.75) is 71.5 Å². The molecule has 0 bridgehead atoms. The van der Waals surface area contributed by atoms with Crippen molar-refractivity contribution in [2.75, 3.05) is 26.2 Å². The van der Waals surface area contributed by atoms with Crippen molar-refractivity contribution in [3.05, 3.63) is 35.9 Å². The van der Waals surface area contributed by atoms with Crippen molar-refractivity contribution in [1.82, 2.24) is 15.1 Å². The van der Waals surface area contributed by atoms with Crippen LogP contribution in [0.1, 0.15) is 52.5 Å². The minimum atomic E-state index is 0.130. The summed E-state index contributed by atoms with van der Waals surface area (Å²) in [6.45, 7) is 13.1. The summed E-state index contributed by atoms with van der Waals surface area (Å²) in [6.07, 6.45) is 4.36. The Balaban J connectivity index is 1.99. The maximum absolute atomic E-state index is 12.6. The first-order valence-electron chi connectivity index (χ1n) is 10.3. The lowest BCUT2D eigenvalue weighted by Gasteiger charge is -2.37. The zero-order valence-electron chi connectivity index (χ0n) is 17.1. The minimum Gasteiger partial charge on any atom is -0.350 e. The molecule has 1 unspecified atom stereocenters. The lowest BCUT2D eigenvalue weighted by Crippen LogP contribution is -2.53. The number of piperidine rings is 1. The number of benzene rings is 1. The smallest absolute Gasteiger partial charge is 0.224 e. The van der Waals surface area contributed by atoms with Crippen LogP contribution in [0.4, 0.5) is 0 Å². The molecular weight excluding hydrogens is 322 g/mol. The van der Waals surface area contributed by atoms with E-state index < -0.39 is 0 Å². The van der Waals surface area contributed by atoms with Crippen molar-refractivity contribution in [3.63, 3.8) is 0 Å².